The molecule has 1 atom stereocenters. The van der Waals surface area contributed by atoms with Gasteiger partial charge in [-0.2, -0.15) is 0 Å². The van der Waals surface area contributed by atoms with Gasteiger partial charge in [-0.1, -0.05) is 41.4 Å². The minimum Gasteiger partial charge on any atom is -0.383 e. The fourth-order valence-corrected chi connectivity index (χ4v) is 3.96. The Kier molecular flexibility index (Phi) is 13.4. The first kappa shape index (κ1) is 25.7. The zero-order valence-corrected chi connectivity index (χ0v) is 21.3. The summed E-state index contributed by atoms with van der Waals surface area (Å²) in [6.45, 7) is 7.30. The van der Waals surface area contributed by atoms with E-state index in [1.165, 1.54) is 5.56 Å². The topological polar surface area (TPSA) is 48.9 Å². The smallest absolute Gasteiger partial charge is 0.191 e. The lowest BCUT2D eigenvalue weighted by molar-refractivity contribution is 0.128. The monoisotopic (exact) mass is 566 g/mol. The van der Waals surface area contributed by atoms with Crippen molar-refractivity contribution in [3.05, 3.63) is 34.3 Å². The fourth-order valence-electron chi connectivity index (χ4n) is 3.51. The summed E-state index contributed by atoms with van der Waals surface area (Å²) in [6.07, 6.45) is 4.53. The van der Waals surface area contributed by atoms with Crippen molar-refractivity contribution in [3.63, 3.8) is 0 Å². The SMILES string of the molecule is CCC(CNC(=NC)NC1CCN(CCOC)CC1)Cc1cccc(Br)c1.I. The van der Waals surface area contributed by atoms with E-state index in [4.69, 9.17) is 4.74 Å². The average Bonchev–Trinajstić information content (AvgIpc) is 2.69. The van der Waals surface area contributed by atoms with E-state index in [2.05, 4.69) is 67.6 Å². The summed E-state index contributed by atoms with van der Waals surface area (Å²) >= 11 is 3.57. The highest BCUT2D eigenvalue weighted by atomic mass is 127. The normalized spacial score (nSPS) is 17.1. The predicted molar refractivity (Wildman–Crippen MR) is 133 cm³/mol. The molecule has 160 valence electrons. The van der Waals surface area contributed by atoms with Gasteiger partial charge in [0, 0.05) is 50.9 Å². The summed E-state index contributed by atoms with van der Waals surface area (Å²) in [7, 11) is 3.63. The zero-order valence-electron chi connectivity index (χ0n) is 17.4. The quantitative estimate of drug-likeness (QED) is 0.270. The second-order valence-electron chi connectivity index (χ2n) is 7.31. The first-order valence-corrected chi connectivity index (χ1v) is 10.9. The Morgan fingerprint density at radius 3 is 2.71 bits per heavy atom. The summed E-state index contributed by atoms with van der Waals surface area (Å²) in [6, 6.07) is 9.11. The number of rotatable bonds is 9. The molecule has 1 aromatic carbocycles. The minimum atomic E-state index is 0. The molecule has 1 heterocycles. The van der Waals surface area contributed by atoms with Crippen LogP contribution in [0.4, 0.5) is 0 Å². The number of guanidine groups is 1. The molecule has 2 rings (SSSR count). The number of piperidine rings is 1. The zero-order chi connectivity index (χ0) is 19.5. The lowest BCUT2D eigenvalue weighted by atomic mass is 9.97. The molecule has 0 amide bonds. The van der Waals surface area contributed by atoms with Crippen LogP contribution in [0.1, 0.15) is 31.7 Å². The van der Waals surface area contributed by atoms with Crippen molar-refractivity contribution in [2.75, 3.05) is 46.9 Å². The number of methoxy groups -OCH3 is 1. The van der Waals surface area contributed by atoms with Crippen molar-refractivity contribution in [2.24, 2.45) is 10.9 Å². The molecule has 2 N–H and O–H groups in total. The number of benzene rings is 1. The van der Waals surface area contributed by atoms with E-state index in [9.17, 15) is 0 Å². The highest BCUT2D eigenvalue weighted by Crippen LogP contribution is 2.16. The van der Waals surface area contributed by atoms with Gasteiger partial charge < -0.3 is 20.3 Å². The average molecular weight is 567 g/mol. The first-order valence-electron chi connectivity index (χ1n) is 10.1. The third-order valence-electron chi connectivity index (χ3n) is 5.31. The molecule has 0 aliphatic carbocycles. The van der Waals surface area contributed by atoms with Gasteiger partial charge in [0.15, 0.2) is 5.96 Å². The number of hydrogen-bond donors (Lipinski definition) is 2. The largest absolute Gasteiger partial charge is 0.383 e. The fraction of sp³-hybridized carbons (Fsp3) is 0.667. The number of likely N-dealkylation sites (tertiary alicyclic amines) is 1. The Balaban J connectivity index is 0.00000392. The van der Waals surface area contributed by atoms with E-state index in [-0.39, 0.29) is 24.0 Å². The number of nitrogens with zero attached hydrogens (tertiary/aromatic N) is 2. The van der Waals surface area contributed by atoms with Crippen LogP contribution in [0.5, 0.6) is 0 Å². The molecule has 0 radical (unpaired) electrons. The summed E-state index contributed by atoms with van der Waals surface area (Å²) in [5.41, 5.74) is 1.38. The van der Waals surface area contributed by atoms with Crippen molar-refractivity contribution in [2.45, 2.75) is 38.6 Å². The Morgan fingerprint density at radius 1 is 1.36 bits per heavy atom. The van der Waals surface area contributed by atoms with Gasteiger partial charge in [0.1, 0.15) is 0 Å². The minimum absolute atomic E-state index is 0. The Bertz CT molecular complexity index is 579. The molecular formula is C21H36BrIN4O. The van der Waals surface area contributed by atoms with Crippen molar-refractivity contribution < 1.29 is 4.74 Å². The molecule has 0 saturated carbocycles. The Labute approximate surface area is 196 Å². The Morgan fingerprint density at radius 2 is 2.11 bits per heavy atom. The summed E-state index contributed by atoms with van der Waals surface area (Å²) in [5.74, 6) is 1.52. The molecule has 1 fully saturated rings. The van der Waals surface area contributed by atoms with Crippen LogP contribution >= 0.6 is 39.9 Å². The van der Waals surface area contributed by atoms with Crippen LogP contribution in [0.3, 0.4) is 0 Å². The molecule has 1 unspecified atom stereocenters. The molecule has 1 saturated heterocycles. The summed E-state index contributed by atoms with van der Waals surface area (Å²) in [5, 5.41) is 7.15. The van der Waals surface area contributed by atoms with E-state index in [1.807, 2.05) is 7.05 Å². The second-order valence-corrected chi connectivity index (χ2v) is 8.23. The van der Waals surface area contributed by atoms with Crippen LogP contribution < -0.4 is 10.6 Å². The van der Waals surface area contributed by atoms with E-state index in [1.54, 1.807) is 7.11 Å². The van der Waals surface area contributed by atoms with Gasteiger partial charge in [-0.05, 0) is 42.9 Å². The Hall–Kier alpha value is -0.380. The summed E-state index contributed by atoms with van der Waals surface area (Å²) < 4.78 is 6.33. The van der Waals surface area contributed by atoms with Crippen LogP contribution in [0.15, 0.2) is 33.7 Å². The standard InChI is InChI=1S/C21H35BrN4O.HI/c1-4-17(14-18-6-5-7-19(22)15-18)16-24-21(23-2)25-20-8-10-26(11-9-20)12-13-27-3;/h5-7,15,17,20H,4,8-14,16H2,1-3H3,(H2,23,24,25);1H. The van der Waals surface area contributed by atoms with Gasteiger partial charge in [0.2, 0.25) is 0 Å². The van der Waals surface area contributed by atoms with Crippen LogP contribution in [0, 0.1) is 5.92 Å². The van der Waals surface area contributed by atoms with Crippen molar-refractivity contribution in [3.8, 4) is 0 Å². The lowest BCUT2D eigenvalue weighted by Gasteiger charge is -2.33. The molecule has 0 aromatic heterocycles. The van der Waals surface area contributed by atoms with Crippen LogP contribution in [-0.2, 0) is 11.2 Å². The molecule has 1 aliphatic rings. The molecular weight excluding hydrogens is 531 g/mol. The highest BCUT2D eigenvalue weighted by molar-refractivity contribution is 14.0. The van der Waals surface area contributed by atoms with E-state index >= 15 is 0 Å². The molecule has 1 aliphatic heterocycles. The molecule has 0 bridgehead atoms. The number of hydrogen-bond acceptors (Lipinski definition) is 3. The van der Waals surface area contributed by atoms with Gasteiger partial charge in [-0.15, -0.1) is 24.0 Å². The molecule has 7 heteroatoms. The van der Waals surface area contributed by atoms with Crippen molar-refractivity contribution in [1.82, 2.24) is 15.5 Å². The number of aliphatic imine (C=N–C) groups is 1. The van der Waals surface area contributed by atoms with Gasteiger partial charge in [-0.25, -0.2) is 0 Å². The maximum atomic E-state index is 5.18. The maximum Gasteiger partial charge on any atom is 0.191 e. The third kappa shape index (κ3) is 9.41. The van der Waals surface area contributed by atoms with Gasteiger partial charge in [0.25, 0.3) is 0 Å². The third-order valence-corrected chi connectivity index (χ3v) is 5.81. The van der Waals surface area contributed by atoms with Crippen molar-refractivity contribution >= 4 is 45.9 Å². The maximum absolute atomic E-state index is 5.18. The lowest BCUT2D eigenvalue weighted by Crippen LogP contribution is -2.49. The second kappa shape index (κ2) is 14.6. The van der Waals surface area contributed by atoms with E-state index < -0.39 is 0 Å². The van der Waals surface area contributed by atoms with Crippen molar-refractivity contribution in [1.29, 1.82) is 0 Å². The van der Waals surface area contributed by atoms with Crippen LogP contribution in [-0.4, -0.2) is 63.8 Å². The van der Waals surface area contributed by atoms with Crippen LogP contribution in [0.2, 0.25) is 0 Å². The van der Waals surface area contributed by atoms with Crippen LogP contribution in [0.25, 0.3) is 0 Å². The number of halogens is 2. The molecule has 0 spiro atoms. The highest BCUT2D eigenvalue weighted by Gasteiger charge is 2.20. The van der Waals surface area contributed by atoms with E-state index in [0.29, 0.717) is 12.0 Å². The predicted octanol–water partition coefficient (Wildman–Crippen LogP) is 3.91. The van der Waals surface area contributed by atoms with E-state index in [0.717, 1.165) is 68.9 Å². The number of ether oxygens (including phenoxy) is 1. The van der Waals surface area contributed by atoms with Gasteiger partial charge in [0.05, 0.1) is 6.61 Å². The first-order chi connectivity index (χ1) is 13.1. The molecule has 1 aromatic rings. The molecule has 5 nitrogen and oxygen atoms in total. The number of nitrogens with one attached hydrogen (secondary N) is 2. The van der Waals surface area contributed by atoms with Gasteiger partial charge in [-0.3, -0.25) is 4.99 Å². The molecule has 28 heavy (non-hydrogen) atoms. The summed E-state index contributed by atoms with van der Waals surface area (Å²) in [4.78, 5) is 6.91. The van der Waals surface area contributed by atoms with Gasteiger partial charge >= 0.3 is 0 Å².